The predicted octanol–water partition coefficient (Wildman–Crippen LogP) is 11.2. The summed E-state index contributed by atoms with van der Waals surface area (Å²) in [4.78, 5) is 30.9. The Kier molecular flexibility index (Phi) is 12.8. The topological polar surface area (TPSA) is 147 Å². The second-order valence-corrected chi connectivity index (χ2v) is 20.3. The molecular formula is C50H38Cl2N4O8S2. The number of methoxy groups -OCH3 is 1. The Morgan fingerprint density at radius 2 is 1.24 bits per heavy atom. The Hall–Kier alpha value is -6.94. The summed E-state index contributed by atoms with van der Waals surface area (Å²) in [6.07, 6.45) is 5.35. The van der Waals surface area contributed by atoms with Crippen LogP contribution in [0.1, 0.15) is 72.4 Å². The molecule has 9 rings (SSSR count). The molecule has 12 nitrogen and oxygen atoms in total. The summed E-state index contributed by atoms with van der Waals surface area (Å²) in [5.41, 5.74) is 6.87. The third kappa shape index (κ3) is 9.14. The Balaban J connectivity index is 0.000000179. The van der Waals surface area contributed by atoms with E-state index in [9.17, 15) is 31.5 Å². The van der Waals surface area contributed by atoms with Gasteiger partial charge in [0.25, 0.3) is 20.0 Å². The van der Waals surface area contributed by atoms with Crippen LogP contribution >= 0.6 is 23.2 Å². The van der Waals surface area contributed by atoms with Crippen LogP contribution in [0.25, 0.3) is 21.8 Å². The monoisotopic (exact) mass is 956 g/mol. The van der Waals surface area contributed by atoms with Gasteiger partial charge in [-0.3, -0.25) is 8.61 Å². The quantitative estimate of drug-likeness (QED) is 0.0811. The summed E-state index contributed by atoms with van der Waals surface area (Å²) in [5.74, 6) is -1.61. The number of hydrogen-bond acceptors (Lipinski definition) is 7. The van der Waals surface area contributed by atoms with Crippen LogP contribution in [0.4, 0.5) is 22.7 Å². The lowest BCUT2D eigenvalue weighted by Gasteiger charge is -2.20. The zero-order valence-corrected chi connectivity index (χ0v) is 38.2. The molecule has 2 unspecified atom stereocenters. The van der Waals surface area contributed by atoms with Crippen molar-refractivity contribution in [2.24, 2.45) is 0 Å². The molecule has 3 aliphatic rings. The van der Waals surface area contributed by atoms with Crippen molar-refractivity contribution in [3.8, 4) is 0 Å². The van der Waals surface area contributed by atoms with Crippen molar-refractivity contribution >= 4 is 90.1 Å². The van der Waals surface area contributed by atoms with Gasteiger partial charge in [0.05, 0.1) is 52.5 Å². The third-order valence-electron chi connectivity index (χ3n) is 11.7. The fourth-order valence-electron chi connectivity index (χ4n) is 8.38. The van der Waals surface area contributed by atoms with E-state index in [1.807, 2.05) is 6.07 Å². The highest BCUT2D eigenvalue weighted by Gasteiger charge is 2.42. The summed E-state index contributed by atoms with van der Waals surface area (Å²) < 4.78 is 61.2. The molecule has 1 fully saturated rings. The van der Waals surface area contributed by atoms with Gasteiger partial charge in [-0.15, -0.1) is 0 Å². The second-order valence-electron chi connectivity index (χ2n) is 15.7. The minimum absolute atomic E-state index is 0.0245. The summed E-state index contributed by atoms with van der Waals surface area (Å²) in [5, 5.41) is 10.8. The molecule has 0 saturated heterocycles. The van der Waals surface area contributed by atoms with E-state index in [2.05, 4.69) is 9.69 Å². The average Bonchev–Trinajstić information content (AvgIpc) is 3.82. The van der Waals surface area contributed by atoms with Gasteiger partial charge in [-0.2, -0.15) is 0 Å². The number of anilines is 2. The number of nitrogens with zero attached hydrogens (tertiary/aromatic N) is 4. The summed E-state index contributed by atoms with van der Waals surface area (Å²) >= 11 is 12.1. The van der Waals surface area contributed by atoms with Gasteiger partial charge in [0, 0.05) is 23.1 Å². The van der Waals surface area contributed by atoms with E-state index in [-0.39, 0.29) is 38.4 Å². The highest BCUT2D eigenvalue weighted by molar-refractivity contribution is 7.93. The number of fused-ring (bicyclic) bond motifs is 2. The number of halogens is 2. The third-order valence-corrected chi connectivity index (χ3v) is 15.8. The molecule has 6 aromatic rings. The summed E-state index contributed by atoms with van der Waals surface area (Å²) in [6, 6.07) is 33.4. The maximum Gasteiger partial charge on any atom is 0.337 e. The van der Waals surface area contributed by atoms with E-state index < -0.39 is 32.0 Å². The van der Waals surface area contributed by atoms with Crippen LogP contribution in [-0.2, 0) is 37.6 Å². The van der Waals surface area contributed by atoms with Crippen LogP contribution in [-0.4, -0.2) is 54.1 Å². The van der Waals surface area contributed by atoms with Gasteiger partial charge in [0.15, 0.2) is 11.4 Å². The molecule has 0 aromatic heterocycles. The molecule has 0 radical (unpaired) electrons. The molecule has 2 heterocycles. The van der Waals surface area contributed by atoms with E-state index in [4.69, 9.17) is 41.1 Å². The van der Waals surface area contributed by atoms with Gasteiger partial charge < -0.3 is 9.84 Å². The van der Waals surface area contributed by atoms with Crippen LogP contribution in [0.5, 0.6) is 0 Å². The lowest BCUT2D eigenvalue weighted by molar-refractivity contribution is 0.0599. The molecule has 6 aromatic carbocycles. The molecule has 1 saturated carbocycles. The van der Waals surface area contributed by atoms with Gasteiger partial charge >= 0.3 is 11.9 Å². The fraction of sp³-hybridized carbons (Fsp3) is 0.160. The second kappa shape index (κ2) is 18.5. The number of ether oxygens (including phenoxy) is 1. The number of hydrogen-bond donors (Lipinski definition) is 1. The number of rotatable bonds is 10. The van der Waals surface area contributed by atoms with E-state index in [0.29, 0.717) is 69.7 Å². The van der Waals surface area contributed by atoms with E-state index >= 15 is 0 Å². The smallest absolute Gasteiger partial charge is 0.337 e. The summed E-state index contributed by atoms with van der Waals surface area (Å²) in [6.45, 7) is 15.0. The number of carbonyl (C=O) groups excluding carboxylic acids is 1. The molecule has 1 aliphatic carbocycles. The Morgan fingerprint density at radius 1 is 0.682 bits per heavy atom. The van der Waals surface area contributed by atoms with Crippen molar-refractivity contribution in [3.05, 3.63) is 199 Å². The molecule has 0 bridgehead atoms. The number of carboxylic acid groups (broad SMARTS) is 1. The molecule has 2 aliphatic heterocycles. The van der Waals surface area contributed by atoms with Crippen molar-refractivity contribution in [1.82, 2.24) is 0 Å². The van der Waals surface area contributed by atoms with Crippen LogP contribution in [0.15, 0.2) is 131 Å². The standard InChI is InChI=1S/2C25H19ClN2O4S/c1-27-18-6-7-20(23(13-18)25(29)30)22-14-21(22)15-3-2-4-19(12-15)33(31,32)28-10-9-16-11-17(26)5-8-24(16)28;1-27-21-10-8-18(23(16-21)25(29)32-2)7-6-17-4-3-5-22(14-17)33(30,31)28-13-12-19-15-20(26)9-11-24(19)28/h2-8,11-13,21-22H,9-10,14H2,(H,29,30);3-11,14-16H,12-13H2,2H3. The van der Waals surface area contributed by atoms with Crippen LogP contribution in [0.2, 0.25) is 10.0 Å². The largest absolute Gasteiger partial charge is 0.478 e. The van der Waals surface area contributed by atoms with E-state index in [1.54, 1.807) is 115 Å². The SMILES string of the molecule is [C-]#[N+]c1ccc(C2CC2c2cccc(S(=O)(=O)N3CCc4cc(Cl)ccc43)c2)c(C(=O)O)c1.[C-]#[N+]c1ccc(C=Cc2cccc(S(=O)(=O)N3CCc4cc(Cl)ccc43)c2)c(C(=O)OC)c1. The first-order valence-electron chi connectivity index (χ1n) is 20.5. The number of carboxylic acids is 1. The van der Waals surface area contributed by atoms with Gasteiger partial charge in [-0.05, 0) is 137 Å². The van der Waals surface area contributed by atoms with E-state index in [0.717, 1.165) is 23.1 Å². The fourth-order valence-corrected chi connectivity index (χ4v) is 11.9. The molecule has 2 atom stereocenters. The van der Waals surface area contributed by atoms with Crippen LogP contribution in [0, 0.1) is 13.1 Å². The molecule has 332 valence electrons. The van der Waals surface area contributed by atoms with Gasteiger partial charge in [-0.1, -0.05) is 83.9 Å². The number of esters is 1. The van der Waals surface area contributed by atoms with Gasteiger partial charge in [0.2, 0.25) is 0 Å². The first-order chi connectivity index (χ1) is 31.6. The molecular weight excluding hydrogens is 920 g/mol. The summed E-state index contributed by atoms with van der Waals surface area (Å²) in [7, 11) is -6.22. The molecule has 66 heavy (non-hydrogen) atoms. The Morgan fingerprint density at radius 3 is 1.82 bits per heavy atom. The zero-order chi connectivity index (χ0) is 46.9. The maximum absolute atomic E-state index is 13.4. The number of carbonyl (C=O) groups is 2. The first kappa shape index (κ1) is 45.6. The Bertz CT molecular complexity index is 3310. The number of sulfonamides is 2. The highest BCUT2D eigenvalue weighted by Crippen LogP contribution is 2.56. The lowest BCUT2D eigenvalue weighted by atomic mass is 9.99. The minimum Gasteiger partial charge on any atom is -0.478 e. The number of aromatic carboxylic acids is 1. The Labute approximate surface area is 392 Å². The molecule has 0 amide bonds. The van der Waals surface area contributed by atoms with Crippen molar-refractivity contribution in [1.29, 1.82) is 0 Å². The molecule has 0 spiro atoms. The highest BCUT2D eigenvalue weighted by atomic mass is 35.5. The first-order valence-corrected chi connectivity index (χ1v) is 24.1. The van der Waals surface area contributed by atoms with Crippen molar-refractivity contribution in [3.63, 3.8) is 0 Å². The van der Waals surface area contributed by atoms with Gasteiger partial charge in [-0.25, -0.2) is 36.1 Å². The average molecular weight is 958 g/mol. The van der Waals surface area contributed by atoms with Crippen LogP contribution < -0.4 is 8.61 Å². The van der Waals surface area contributed by atoms with Crippen molar-refractivity contribution < 1.29 is 36.3 Å². The van der Waals surface area contributed by atoms with Crippen molar-refractivity contribution in [2.75, 3.05) is 28.8 Å². The maximum atomic E-state index is 13.4. The normalized spacial score (nSPS) is 16.1. The molecule has 1 N–H and O–H groups in total. The molecule has 16 heteroatoms. The zero-order valence-electron chi connectivity index (χ0n) is 35.1. The number of benzene rings is 6. The van der Waals surface area contributed by atoms with Crippen LogP contribution in [0.3, 0.4) is 0 Å². The van der Waals surface area contributed by atoms with E-state index in [1.165, 1.54) is 27.9 Å². The minimum atomic E-state index is -3.76. The van der Waals surface area contributed by atoms with Crippen molar-refractivity contribution in [2.45, 2.75) is 40.9 Å². The van der Waals surface area contributed by atoms with Gasteiger partial charge in [0.1, 0.15) is 0 Å². The predicted molar refractivity (Wildman–Crippen MR) is 255 cm³/mol. The lowest BCUT2D eigenvalue weighted by Crippen LogP contribution is -2.29.